The first kappa shape index (κ1) is 24.7. The van der Waals surface area contributed by atoms with E-state index in [1.54, 1.807) is 18.2 Å². The van der Waals surface area contributed by atoms with Crippen LogP contribution in [0.2, 0.25) is 0 Å². The van der Waals surface area contributed by atoms with Gasteiger partial charge in [0.2, 0.25) is 10.0 Å². The van der Waals surface area contributed by atoms with E-state index in [4.69, 9.17) is 0 Å². The lowest BCUT2D eigenvalue weighted by molar-refractivity contribution is 0.0797. The van der Waals surface area contributed by atoms with Crippen molar-refractivity contribution in [2.24, 2.45) is 0 Å². The van der Waals surface area contributed by atoms with Gasteiger partial charge in [-0.2, -0.15) is 4.31 Å². The summed E-state index contributed by atoms with van der Waals surface area (Å²) in [7, 11) is -3.67. The molecule has 0 saturated carbocycles. The lowest BCUT2D eigenvalue weighted by Gasteiger charge is -2.41. The van der Waals surface area contributed by atoms with Gasteiger partial charge < -0.3 is 10.2 Å². The number of hydrogen-bond donors (Lipinski definition) is 1. The third-order valence-corrected chi connectivity index (χ3v) is 8.88. The number of anilines is 1. The molecule has 8 heteroatoms. The smallest absolute Gasteiger partial charge is 0.251 e. The van der Waals surface area contributed by atoms with Crippen LogP contribution in [0.4, 0.5) is 5.69 Å². The second kappa shape index (κ2) is 10.5. The van der Waals surface area contributed by atoms with Gasteiger partial charge in [-0.1, -0.05) is 30.7 Å². The average molecular weight is 485 g/mol. The fourth-order valence-corrected chi connectivity index (χ4v) is 6.25. The fourth-order valence-electron chi connectivity index (χ4n) is 4.78. The van der Waals surface area contributed by atoms with Crippen molar-refractivity contribution >= 4 is 21.6 Å². The maximum absolute atomic E-state index is 13.3. The third kappa shape index (κ3) is 5.62. The van der Waals surface area contributed by atoms with Crippen LogP contribution in [-0.4, -0.2) is 74.9 Å². The highest BCUT2D eigenvalue weighted by Crippen LogP contribution is 2.23. The summed E-state index contributed by atoms with van der Waals surface area (Å²) < 4.78 is 28.1. The topological polar surface area (TPSA) is 73.0 Å². The van der Waals surface area contributed by atoms with Crippen LogP contribution in [0.15, 0.2) is 59.5 Å². The number of likely N-dealkylation sites (tertiary alicyclic amines) is 1. The lowest BCUT2D eigenvalue weighted by atomic mass is 9.98. The van der Waals surface area contributed by atoms with Crippen LogP contribution in [0, 0.1) is 0 Å². The minimum Gasteiger partial charge on any atom is -0.369 e. The first-order chi connectivity index (χ1) is 16.3. The Morgan fingerprint density at radius 3 is 2.24 bits per heavy atom. The summed E-state index contributed by atoms with van der Waals surface area (Å²) in [4.78, 5) is 17.7. The van der Waals surface area contributed by atoms with E-state index in [9.17, 15) is 13.2 Å². The SMILES string of the molecule is CC(C)(CNC(=O)c1cccc(S(=O)(=O)N2CCN(c3ccccc3)CC2)c1)N1CCCCC1. The Bertz CT molecular complexity index is 1070. The second-order valence-corrected chi connectivity index (χ2v) is 11.7. The molecule has 0 spiro atoms. The summed E-state index contributed by atoms with van der Waals surface area (Å²) in [6.45, 7) is 9.01. The molecule has 184 valence electrons. The molecule has 2 aromatic rings. The molecule has 1 amide bonds. The molecule has 0 radical (unpaired) electrons. The third-order valence-electron chi connectivity index (χ3n) is 6.99. The number of hydrogen-bond acceptors (Lipinski definition) is 5. The van der Waals surface area contributed by atoms with E-state index < -0.39 is 10.0 Å². The molecule has 2 fully saturated rings. The van der Waals surface area contributed by atoms with E-state index in [1.165, 1.54) is 29.6 Å². The van der Waals surface area contributed by atoms with E-state index in [0.717, 1.165) is 18.8 Å². The summed E-state index contributed by atoms with van der Waals surface area (Å²) in [6.07, 6.45) is 3.65. The van der Waals surface area contributed by atoms with Crippen molar-refractivity contribution in [2.45, 2.75) is 43.5 Å². The van der Waals surface area contributed by atoms with Crippen molar-refractivity contribution in [2.75, 3.05) is 50.7 Å². The van der Waals surface area contributed by atoms with Gasteiger partial charge in [-0.15, -0.1) is 0 Å². The number of carbonyl (C=O) groups is 1. The Morgan fingerprint density at radius 1 is 0.882 bits per heavy atom. The van der Waals surface area contributed by atoms with Gasteiger partial charge in [0.05, 0.1) is 4.90 Å². The molecule has 2 heterocycles. The number of para-hydroxylation sites is 1. The Morgan fingerprint density at radius 2 is 1.56 bits per heavy atom. The molecule has 0 aliphatic carbocycles. The molecule has 0 atom stereocenters. The molecule has 0 unspecified atom stereocenters. The number of sulfonamides is 1. The van der Waals surface area contributed by atoms with Crippen LogP contribution < -0.4 is 10.2 Å². The Balaban J connectivity index is 1.38. The number of nitrogens with one attached hydrogen (secondary N) is 1. The number of amides is 1. The molecular formula is C26H36N4O3S. The molecule has 1 N–H and O–H groups in total. The quantitative estimate of drug-likeness (QED) is 0.654. The normalized spacial score (nSPS) is 18.6. The van der Waals surface area contributed by atoms with Crippen molar-refractivity contribution < 1.29 is 13.2 Å². The number of piperazine rings is 1. The van der Waals surface area contributed by atoms with Gasteiger partial charge in [-0.05, 0) is 70.1 Å². The van der Waals surface area contributed by atoms with Crippen molar-refractivity contribution in [1.29, 1.82) is 0 Å². The maximum Gasteiger partial charge on any atom is 0.251 e. The zero-order chi connectivity index (χ0) is 24.2. The van der Waals surface area contributed by atoms with Gasteiger partial charge in [0.1, 0.15) is 0 Å². The minimum absolute atomic E-state index is 0.141. The van der Waals surface area contributed by atoms with E-state index >= 15 is 0 Å². The van der Waals surface area contributed by atoms with Crippen LogP contribution in [0.25, 0.3) is 0 Å². The number of nitrogens with zero attached hydrogens (tertiary/aromatic N) is 3. The maximum atomic E-state index is 13.3. The highest BCUT2D eigenvalue weighted by Gasteiger charge is 2.30. The lowest BCUT2D eigenvalue weighted by Crippen LogP contribution is -2.53. The van der Waals surface area contributed by atoms with Gasteiger partial charge in [-0.3, -0.25) is 9.69 Å². The van der Waals surface area contributed by atoms with E-state index in [2.05, 4.69) is 29.0 Å². The number of benzene rings is 2. The highest BCUT2D eigenvalue weighted by molar-refractivity contribution is 7.89. The molecule has 34 heavy (non-hydrogen) atoms. The predicted octanol–water partition coefficient (Wildman–Crippen LogP) is 3.19. The van der Waals surface area contributed by atoms with Crippen LogP contribution in [0.3, 0.4) is 0 Å². The summed E-state index contributed by atoms with van der Waals surface area (Å²) in [5.41, 5.74) is 1.34. The molecule has 2 aliphatic heterocycles. The first-order valence-electron chi connectivity index (χ1n) is 12.2. The highest BCUT2D eigenvalue weighted by atomic mass is 32.2. The van der Waals surface area contributed by atoms with Gasteiger partial charge in [-0.25, -0.2) is 8.42 Å². The second-order valence-electron chi connectivity index (χ2n) is 9.80. The number of piperidine rings is 1. The molecule has 0 bridgehead atoms. The standard InChI is InChI=1S/C26H36N4O3S/c1-26(2,29-14-7-4-8-15-29)21-27-25(31)22-10-9-13-24(20-22)34(32,33)30-18-16-28(17-19-30)23-11-5-3-6-12-23/h3,5-6,9-13,20H,4,7-8,14-19,21H2,1-2H3,(H,27,31). The first-order valence-corrected chi connectivity index (χ1v) is 13.6. The molecule has 4 rings (SSSR count). The molecule has 0 aromatic heterocycles. The summed E-state index contributed by atoms with van der Waals surface area (Å²) in [5.74, 6) is -0.240. The summed E-state index contributed by atoms with van der Waals surface area (Å²) in [5, 5.41) is 3.02. The van der Waals surface area contributed by atoms with Crippen LogP contribution in [0.1, 0.15) is 43.5 Å². The zero-order valence-corrected chi connectivity index (χ0v) is 21.1. The Kier molecular flexibility index (Phi) is 7.60. The van der Waals surface area contributed by atoms with Crippen molar-refractivity contribution in [3.05, 3.63) is 60.2 Å². The van der Waals surface area contributed by atoms with Crippen LogP contribution >= 0.6 is 0 Å². The largest absolute Gasteiger partial charge is 0.369 e. The van der Waals surface area contributed by atoms with E-state index in [-0.39, 0.29) is 16.3 Å². The van der Waals surface area contributed by atoms with E-state index in [1.807, 2.05) is 30.3 Å². The number of rotatable bonds is 7. The van der Waals surface area contributed by atoms with Crippen molar-refractivity contribution in [3.8, 4) is 0 Å². The molecule has 2 aliphatic rings. The van der Waals surface area contributed by atoms with Crippen molar-refractivity contribution in [1.82, 2.24) is 14.5 Å². The van der Waals surface area contributed by atoms with Gasteiger partial charge in [0.25, 0.3) is 5.91 Å². The van der Waals surface area contributed by atoms with Crippen LogP contribution in [0.5, 0.6) is 0 Å². The average Bonchev–Trinajstić information content (AvgIpc) is 2.88. The minimum atomic E-state index is -3.67. The monoisotopic (exact) mass is 484 g/mol. The summed E-state index contributed by atoms with van der Waals surface area (Å²) >= 11 is 0. The fraction of sp³-hybridized carbons (Fsp3) is 0.500. The Labute approximate surface area is 203 Å². The zero-order valence-electron chi connectivity index (χ0n) is 20.2. The molecular weight excluding hydrogens is 448 g/mol. The van der Waals surface area contributed by atoms with E-state index in [0.29, 0.717) is 38.3 Å². The van der Waals surface area contributed by atoms with Crippen LogP contribution in [-0.2, 0) is 10.0 Å². The predicted molar refractivity (Wildman–Crippen MR) is 136 cm³/mol. The van der Waals surface area contributed by atoms with Crippen molar-refractivity contribution in [3.63, 3.8) is 0 Å². The summed E-state index contributed by atoms with van der Waals surface area (Å²) in [6, 6.07) is 16.4. The molecule has 7 nitrogen and oxygen atoms in total. The Hall–Kier alpha value is -2.42. The van der Waals surface area contributed by atoms with Gasteiger partial charge in [0, 0.05) is 49.5 Å². The number of carbonyl (C=O) groups excluding carboxylic acids is 1. The molecule has 2 saturated heterocycles. The van der Waals surface area contributed by atoms with Gasteiger partial charge in [0.15, 0.2) is 0 Å². The molecule has 2 aromatic carbocycles. The van der Waals surface area contributed by atoms with Gasteiger partial charge >= 0.3 is 0 Å².